The molecule has 2 N–H and O–H groups in total. The number of nitrogens with one attached hydrogen (secondary N) is 2. The molecule has 0 aromatic carbocycles. The molecule has 0 radical (unpaired) electrons. The van der Waals surface area contributed by atoms with E-state index in [1.165, 1.54) is 0 Å². The average molecular weight is 378 g/mol. The Balaban J connectivity index is 0.00000144. The Kier molecular flexibility index (Phi) is 8.69. The van der Waals surface area contributed by atoms with Crippen LogP contribution in [0.3, 0.4) is 0 Å². The van der Waals surface area contributed by atoms with Gasteiger partial charge in [0.25, 0.3) is 0 Å². The summed E-state index contributed by atoms with van der Waals surface area (Å²) in [6, 6.07) is 3.87. The van der Waals surface area contributed by atoms with Gasteiger partial charge in [0.2, 0.25) is 5.91 Å². The van der Waals surface area contributed by atoms with E-state index in [1.807, 2.05) is 19.1 Å². The largest absolute Gasteiger partial charge is 0.375 e. The molecule has 1 aromatic rings. The molecule has 7 nitrogen and oxygen atoms in total. The molecule has 2 aliphatic rings. The van der Waals surface area contributed by atoms with Crippen LogP contribution in [0.2, 0.25) is 0 Å². The number of hydrogen-bond acceptors (Lipinski definition) is 6. The molecule has 24 heavy (non-hydrogen) atoms. The van der Waals surface area contributed by atoms with Crippen LogP contribution in [0.5, 0.6) is 0 Å². The number of amides is 1. The van der Waals surface area contributed by atoms with Gasteiger partial charge in [-0.2, -0.15) is 5.10 Å². The normalized spacial score (nSPS) is 26.2. The Morgan fingerprint density at radius 1 is 1.50 bits per heavy atom. The maximum atomic E-state index is 12.3. The van der Waals surface area contributed by atoms with E-state index >= 15 is 0 Å². The lowest BCUT2D eigenvalue weighted by Crippen LogP contribution is -2.56. The Morgan fingerprint density at radius 3 is 3.04 bits per heavy atom. The summed E-state index contributed by atoms with van der Waals surface area (Å²) >= 11 is 0. The number of carbonyl (C=O) groups is 1. The molecule has 2 fully saturated rings. The summed E-state index contributed by atoms with van der Waals surface area (Å²) < 4.78 is 5.52. The second kappa shape index (κ2) is 9.98. The second-order valence-corrected chi connectivity index (χ2v) is 5.82. The summed E-state index contributed by atoms with van der Waals surface area (Å²) in [7, 11) is 0. The van der Waals surface area contributed by atoms with Gasteiger partial charge >= 0.3 is 0 Å². The van der Waals surface area contributed by atoms with Crippen LogP contribution in [0.25, 0.3) is 0 Å². The lowest BCUT2D eigenvalue weighted by molar-refractivity contribution is -0.128. The van der Waals surface area contributed by atoms with Crippen molar-refractivity contribution >= 4 is 36.5 Å². The first-order valence-electron chi connectivity index (χ1n) is 7.93. The first-order chi connectivity index (χ1) is 10.8. The standard InChI is InChI=1S/C15H23N5O2.2ClH/c1-11-14(16-7-9-22-11)15(21)17-10-12-4-3-8-20(12)13-5-2-6-18-19-13;;/h2,5-6,11-12,14,16H,3-4,7-10H2,1H3,(H,17,21);2*1H/t11-,12?,14+;;/m1../s1. The molecule has 9 heteroatoms. The smallest absolute Gasteiger partial charge is 0.239 e. The zero-order valence-electron chi connectivity index (χ0n) is 13.7. The van der Waals surface area contributed by atoms with E-state index in [0.717, 1.165) is 31.7 Å². The minimum Gasteiger partial charge on any atom is -0.375 e. The quantitative estimate of drug-likeness (QED) is 0.806. The van der Waals surface area contributed by atoms with E-state index in [-0.39, 0.29) is 48.9 Å². The summed E-state index contributed by atoms with van der Waals surface area (Å²) in [6.45, 7) is 4.89. The highest BCUT2D eigenvalue weighted by atomic mass is 35.5. The molecule has 2 saturated heterocycles. The van der Waals surface area contributed by atoms with Crippen molar-refractivity contribution in [1.82, 2.24) is 20.8 Å². The highest BCUT2D eigenvalue weighted by Crippen LogP contribution is 2.22. The summed E-state index contributed by atoms with van der Waals surface area (Å²) in [6.07, 6.45) is 3.75. The molecule has 3 heterocycles. The first-order valence-corrected chi connectivity index (χ1v) is 7.93. The number of ether oxygens (including phenoxy) is 1. The van der Waals surface area contributed by atoms with Crippen LogP contribution in [0.1, 0.15) is 19.8 Å². The maximum absolute atomic E-state index is 12.3. The SMILES string of the molecule is C[C@H]1OCCN[C@@H]1C(=O)NCC1CCCN1c1cccnn1.Cl.Cl. The van der Waals surface area contributed by atoms with Crippen molar-refractivity contribution in [1.29, 1.82) is 0 Å². The minimum absolute atomic E-state index is 0. The van der Waals surface area contributed by atoms with Crippen molar-refractivity contribution in [2.75, 3.05) is 31.1 Å². The van der Waals surface area contributed by atoms with Gasteiger partial charge in [-0.25, -0.2) is 0 Å². The van der Waals surface area contributed by atoms with Crippen LogP contribution >= 0.6 is 24.8 Å². The predicted octanol–water partition coefficient (Wildman–Crippen LogP) is 0.782. The topological polar surface area (TPSA) is 79.4 Å². The maximum Gasteiger partial charge on any atom is 0.239 e. The molecule has 0 aliphatic carbocycles. The van der Waals surface area contributed by atoms with E-state index in [4.69, 9.17) is 4.74 Å². The highest BCUT2D eigenvalue weighted by molar-refractivity contribution is 5.85. The number of hydrogen-bond donors (Lipinski definition) is 2. The monoisotopic (exact) mass is 377 g/mol. The van der Waals surface area contributed by atoms with Crippen molar-refractivity contribution in [3.63, 3.8) is 0 Å². The lowest BCUT2D eigenvalue weighted by Gasteiger charge is -2.30. The highest BCUT2D eigenvalue weighted by Gasteiger charge is 2.30. The van der Waals surface area contributed by atoms with Crippen LogP contribution < -0.4 is 15.5 Å². The van der Waals surface area contributed by atoms with E-state index in [9.17, 15) is 4.79 Å². The van der Waals surface area contributed by atoms with Gasteiger partial charge in [0.15, 0.2) is 5.82 Å². The minimum atomic E-state index is -0.264. The van der Waals surface area contributed by atoms with Gasteiger partial charge in [0.1, 0.15) is 6.04 Å². The Labute approximate surface area is 154 Å². The fourth-order valence-electron chi connectivity index (χ4n) is 3.15. The third kappa shape index (κ3) is 4.92. The van der Waals surface area contributed by atoms with Gasteiger partial charge < -0.3 is 20.3 Å². The van der Waals surface area contributed by atoms with Crippen LogP contribution in [-0.4, -0.2) is 60.5 Å². The molecule has 3 rings (SSSR count). The number of nitrogens with zero attached hydrogens (tertiary/aromatic N) is 3. The fourth-order valence-corrected chi connectivity index (χ4v) is 3.15. The predicted molar refractivity (Wildman–Crippen MR) is 97.1 cm³/mol. The van der Waals surface area contributed by atoms with Crippen LogP contribution in [0, 0.1) is 0 Å². The Morgan fingerprint density at radius 2 is 2.33 bits per heavy atom. The number of aromatic nitrogens is 2. The second-order valence-electron chi connectivity index (χ2n) is 5.82. The molecule has 0 bridgehead atoms. The fraction of sp³-hybridized carbons (Fsp3) is 0.667. The van der Waals surface area contributed by atoms with Gasteiger partial charge in [-0.05, 0) is 31.9 Å². The van der Waals surface area contributed by atoms with Crippen molar-refractivity contribution in [2.45, 2.75) is 38.0 Å². The molecule has 0 spiro atoms. The van der Waals surface area contributed by atoms with Crippen molar-refractivity contribution in [3.05, 3.63) is 18.3 Å². The van der Waals surface area contributed by atoms with Crippen LogP contribution in [-0.2, 0) is 9.53 Å². The van der Waals surface area contributed by atoms with Crippen molar-refractivity contribution in [2.24, 2.45) is 0 Å². The zero-order chi connectivity index (χ0) is 15.4. The van der Waals surface area contributed by atoms with Crippen LogP contribution in [0.15, 0.2) is 18.3 Å². The third-order valence-corrected chi connectivity index (χ3v) is 4.34. The Bertz CT molecular complexity index is 508. The van der Waals surface area contributed by atoms with Gasteiger partial charge in [-0.1, -0.05) is 0 Å². The lowest BCUT2D eigenvalue weighted by atomic mass is 10.1. The molecule has 3 atom stereocenters. The van der Waals surface area contributed by atoms with Crippen LogP contribution in [0.4, 0.5) is 5.82 Å². The molecule has 136 valence electrons. The number of anilines is 1. The van der Waals surface area contributed by atoms with Gasteiger partial charge in [0, 0.05) is 31.9 Å². The van der Waals surface area contributed by atoms with E-state index in [1.54, 1.807) is 6.20 Å². The number of carbonyl (C=O) groups excluding carboxylic acids is 1. The number of morpholine rings is 1. The summed E-state index contributed by atoms with van der Waals surface area (Å²) in [5.74, 6) is 0.893. The summed E-state index contributed by atoms with van der Waals surface area (Å²) in [5, 5.41) is 14.4. The molecule has 0 saturated carbocycles. The summed E-state index contributed by atoms with van der Waals surface area (Å²) in [5.41, 5.74) is 0. The van der Waals surface area contributed by atoms with E-state index in [2.05, 4.69) is 25.7 Å². The van der Waals surface area contributed by atoms with Crippen molar-refractivity contribution < 1.29 is 9.53 Å². The summed E-state index contributed by atoms with van der Waals surface area (Å²) in [4.78, 5) is 14.5. The molecular formula is C15H25Cl2N5O2. The third-order valence-electron chi connectivity index (χ3n) is 4.34. The van der Waals surface area contributed by atoms with Gasteiger partial charge in [0.05, 0.1) is 12.7 Å². The van der Waals surface area contributed by atoms with Crippen molar-refractivity contribution in [3.8, 4) is 0 Å². The van der Waals surface area contributed by atoms with Gasteiger partial charge in [-0.15, -0.1) is 29.9 Å². The number of halogens is 2. The molecular weight excluding hydrogens is 353 g/mol. The van der Waals surface area contributed by atoms with Gasteiger partial charge in [-0.3, -0.25) is 4.79 Å². The average Bonchev–Trinajstić information content (AvgIpc) is 3.02. The van der Waals surface area contributed by atoms with E-state index in [0.29, 0.717) is 13.2 Å². The molecule has 1 aromatic heterocycles. The molecule has 1 amide bonds. The Hall–Kier alpha value is -1.15. The molecule has 1 unspecified atom stereocenters. The van der Waals surface area contributed by atoms with E-state index < -0.39 is 0 Å². The zero-order valence-corrected chi connectivity index (χ0v) is 15.3. The number of rotatable bonds is 4. The molecule has 2 aliphatic heterocycles. The first kappa shape index (κ1) is 20.9.